The van der Waals surface area contributed by atoms with Gasteiger partial charge in [-0.25, -0.2) is 0 Å². The van der Waals surface area contributed by atoms with E-state index < -0.39 is 0 Å². The summed E-state index contributed by atoms with van der Waals surface area (Å²) in [5, 5.41) is 3.46. The Morgan fingerprint density at radius 2 is 2.00 bits per heavy atom. The van der Waals surface area contributed by atoms with E-state index in [-0.39, 0.29) is 0 Å². The van der Waals surface area contributed by atoms with Crippen LogP contribution in [-0.4, -0.2) is 19.3 Å². The molecule has 0 aromatic heterocycles. The number of anilines is 1. The van der Waals surface area contributed by atoms with Crippen molar-refractivity contribution in [1.82, 2.24) is 0 Å². The molecule has 16 heavy (non-hydrogen) atoms. The Hall–Kier alpha value is -1.38. The summed E-state index contributed by atoms with van der Waals surface area (Å²) in [6.45, 7) is 5.68. The van der Waals surface area contributed by atoms with E-state index >= 15 is 0 Å². The number of nitrogens with one attached hydrogen (secondary N) is 1. The first-order chi connectivity index (χ1) is 7.79. The number of ether oxygens (including phenoxy) is 2. The van der Waals surface area contributed by atoms with E-state index in [1.54, 1.807) is 0 Å². The van der Waals surface area contributed by atoms with Crippen LogP contribution in [0.4, 0.5) is 5.69 Å². The van der Waals surface area contributed by atoms with Gasteiger partial charge in [0.05, 0.1) is 0 Å². The van der Waals surface area contributed by atoms with Gasteiger partial charge in [0.1, 0.15) is 13.2 Å². The van der Waals surface area contributed by atoms with Crippen molar-refractivity contribution >= 4 is 5.69 Å². The van der Waals surface area contributed by atoms with Crippen molar-refractivity contribution in [2.45, 2.75) is 32.7 Å². The molecule has 0 bridgehead atoms. The summed E-state index contributed by atoms with van der Waals surface area (Å²) in [6, 6.07) is 6.52. The van der Waals surface area contributed by atoms with Crippen molar-refractivity contribution in [3.05, 3.63) is 18.2 Å². The topological polar surface area (TPSA) is 30.5 Å². The van der Waals surface area contributed by atoms with Crippen molar-refractivity contribution in [3.63, 3.8) is 0 Å². The average Bonchev–Trinajstić information content (AvgIpc) is 2.29. The van der Waals surface area contributed by atoms with Gasteiger partial charge in [-0.1, -0.05) is 13.3 Å². The van der Waals surface area contributed by atoms with Crippen LogP contribution in [-0.2, 0) is 0 Å². The average molecular weight is 221 g/mol. The molecule has 0 aliphatic carbocycles. The predicted octanol–water partition coefficient (Wildman–Crippen LogP) is 3.06. The van der Waals surface area contributed by atoms with Crippen LogP contribution in [0.25, 0.3) is 0 Å². The minimum absolute atomic E-state index is 0.493. The number of fused-ring (bicyclic) bond motifs is 1. The summed E-state index contributed by atoms with van der Waals surface area (Å²) in [5.74, 6) is 1.69. The largest absolute Gasteiger partial charge is 0.486 e. The molecule has 0 fully saturated rings. The summed E-state index contributed by atoms with van der Waals surface area (Å²) >= 11 is 0. The zero-order chi connectivity index (χ0) is 11.4. The summed E-state index contributed by atoms with van der Waals surface area (Å²) in [6.07, 6.45) is 2.37. The molecule has 3 heteroatoms. The Morgan fingerprint density at radius 3 is 2.75 bits per heavy atom. The van der Waals surface area contributed by atoms with Gasteiger partial charge in [-0.3, -0.25) is 0 Å². The number of rotatable bonds is 4. The number of hydrogen-bond donors (Lipinski definition) is 1. The van der Waals surface area contributed by atoms with Crippen molar-refractivity contribution < 1.29 is 9.47 Å². The third kappa shape index (κ3) is 2.60. The van der Waals surface area contributed by atoms with Gasteiger partial charge < -0.3 is 14.8 Å². The monoisotopic (exact) mass is 221 g/mol. The van der Waals surface area contributed by atoms with Crippen LogP contribution in [0.1, 0.15) is 26.7 Å². The molecule has 1 heterocycles. The highest BCUT2D eigenvalue weighted by Gasteiger charge is 2.12. The van der Waals surface area contributed by atoms with E-state index in [0.29, 0.717) is 19.3 Å². The van der Waals surface area contributed by atoms with Crippen LogP contribution in [0.15, 0.2) is 18.2 Å². The lowest BCUT2D eigenvalue weighted by molar-refractivity contribution is 0.171. The maximum Gasteiger partial charge on any atom is 0.163 e. The predicted molar refractivity (Wildman–Crippen MR) is 65.4 cm³/mol. The highest BCUT2D eigenvalue weighted by Crippen LogP contribution is 2.32. The van der Waals surface area contributed by atoms with Crippen LogP contribution in [0.2, 0.25) is 0 Å². The summed E-state index contributed by atoms with van der Waals surface area (Å²) in [7, 11) is 0. The fourth-order valence-electron chi connectivity index (χ4n) is 1.92. The minimum atomic E-state index is 0.493. The molecule has 0 spiro atoms. The SMILES string of the molecule is CCCC(C)Nc1ccc2c(c1)OCCO2. The van der Waals surface area contributed by atoms with Gasteiger partial charge in [0.2, 0.25) is 0 Å². The van der Waals surface area contributed by atoms with Crippen LogP contribution >= 0.6 is 0 Å². The normalized spacial score (nSPS) is 15.6. The van der Waals surface area contributed by atoms with E-state index in [1.807, 2.05) is 18.2 Å². The standard InChI is InChI=1S/C13H19NO2/c1-3-4-10(2)14-11-5-6-12-13(9-11)16-8-7-15-12/h5-6,9-10,14H,3-4,7-8H2,1-2H3. The first-order valence-corrected chi connectivity index (χ1v) is 5.96. The van der Waals surface area contributed by atoms with E-state index in [0.717, 1.165) is 17.2 Å². The molecule has 0 saturated carbocycles. The fourth-order valence-corrected chi connectivity index (χ4v) is 1.92. The second kappa shape index (κ2) is 5.10. The summed E-state index contributed by atoms with van der Waals surface area (Å²) in [4.78, 5) is 0. The molecule has 88 valence electrons. The summed E-state index contributed by atoms with van der Waals surface area (Å²) < 4.78 is 11.0. The quantitative estimate of drug-likeness (QED) is 0.847. The molecule has 0 saturated heterocycles. The number of hydrogen-bond acceptors (Lipinski definition) is 3. The molecule has 0 radical (unpaired) electrons. The number of benzene rings is 1. The van der Waals surface area contributed by atoms with Gasteiger partial charge in [-0.05, 0) is 25.5 Å². The van der Waals surface area contributed by atoms with Crippen LogP contribution in [0.3, 0.4) is 0 Å². The van der Waals surface area contributed by atoms with Gasteiger partial charge in [0.15, 0.2) is 11.5 Å². The Bertz CT molecular complexity index is 352. The highest BCUT2D eigenvalue weighted by molar-refractivity contribution is 5.55. The molecule has 2 rings (SSSR count). The second-order valence-corrected chi connectivity index (χ2v) is 4.19. The van der Waals surface area contributed by atoms with E-state index in [9.17, 15) is 0 Å². The minimum Gasteiger partial charge on any atom is -0.486 e. The lowest BCUT2D eigenvalue weighted by Gasteiger charge is -2.20. The molecule has 3 nitrogen and oxygen atoms in total. The Labute approximate surface area is 96.8 Å². The third-order valence-corrected chi connectivity index (χ3v) is 2.68. The molecule has 1 N–H and O–H groups in total. The summed E-state index contributed by atoms with van der Waals surface area (Å²) in [5.41, 5.74) is 1.10. The first kappa shape index (κ1) is 11.1. The van der Waals surface area contributed by atoms with E-state index in [2.05, 4.69) is 19.2 Å². The van der Waals surface area contributed by atoms with Crippen molar-refractivity contribution in [3.8, 4) is 11.5 Å². The lowest BCUT2D eigenvalue weighted by atomic mass is 10.2. The molecular weight excluding hydrogens is 202 g/mol. The maximum atomic E-state index is 5.54. The molecule has 1 atom stereocenters. The zero-order valence-electron chi connectivity index (χ0n) is 9.95. The Morgan fingerprint density at radius 1 is 1.25 bits per heavy atom. The van der Waals surface area contributed by atoms with Crippen molar-refractivity contribution in [1.29, 1.82) is 0 Å². The van der Waals surface area contributed by atoms with Crippen LogP contribution in [0.5, 0.6) is 11.5 Å². The smallest absolute Gasteiger partial charge is 0.163 e. The van der Waals surface area contributed by atoms with E-state index in [4.69, 9.17) is 9.47 Å². The van der Waals surface area contributed by atoms with Gasteiger partial charge >= 0.3 is 0 Å². The van der Waals surface area contributed by atoms with Crippen molar-refractivity contribution in [2.24, 2.45) is 0 Å². The fraction of sp³-hybridized carbons (Fsp3) is 0.538. The van der Waals surface area contributed by atoms with Gasteiger partial charge in [0, 0.05) is 17.8 Å². The third-order valence-electron chi connectivity index (χ3n) is 2.68. The first-order valence-electron chi connectivity index (χ1n) is 5.96. The molecule has 1 aliphatic rings. The molecular formula is C13H19NO2. The highest BCUT2D eigenvalue weighted by atomic mass is 16.6. The van der Waals surface area contributed by atoms with Gasteiger partial charge in [-0.15, -0.1) is 0 Å². The van der Waals surface area contributed by atoms with Crippen LogP contribution in [0, 0.1) is 0 Å². The van der Waals surface area contributed by atoms with Gasteiger partial charge in [-0.2, -0.15) is 0 Å². The van der Waals surface area contributed by atoms with E-state index in [1.165, 1.54) is 12.8 Å². The Kier molecular flexibility index (Phi) is 3.54. The molecule has 1 aliphatic heterocycles. The van der Waals surface area contributed by atoms with Crippen LogP contribution < -0.4 is 14.8 Å². The molecule has 0 amide bonds. The van der Waals surface area contributed by atoms with Gasteiger partial charge in [0.25, 0.3) is 0 Å². The second-order valence-electron chi connectivity index (χ2n) is 4.19. The molecule has 1 unspecified atom stereocenters. The Balaban J connectivity index is 2.05. The molecule has 1 aromatic rings. The van der Waals surface area contributed by atoms with Crippen molar-refractivity contribution in [2.75, 3.05) is 18.5 Å². The lowest BCUT2D eigenvalue weighted by Crippen LogP contribution is -2.17. The molecule has 1 aromatic carbocycles. The maximum absolute atomic E-state index is 5.54. The zero-order valence-corrected chi connectivity index (χ0v) is 9.95.